The Bertz CT molecular complexity index is 1780. The molecule has 6 aromatic rings. The minimum atomic E-state index is 0.350. The Labute approximate surface area is 217 Å². The van der Waals surface area contributed by atoms with Gasteiger partial charge in [0.1, 0.15) is 23.5 Å². The summed E-state index contributed by atoms with van der Waals surface area (Å²) in [4.78, 5) is 27.1. The van der Waals surface area contributed by atoms with Crippen LogP contribution in [0.1, 0.15) is 11.1 Å². The molecule has 0 amide bonds. The van der Waals surface area contributed by atoms with Crippen LogP contribution < -0.4 is 0 Å². The zero-order valence-corrected chi connectivity index (χ0v) is 19.8. The fourth-order valence-corrected chi connectivity index (χ4v) is 4.06. The van der Waals surface area contributed by atoms with Crippen LogP contribution in [0.15, 0.2) is 97.6 Å². The fourth-order valence-electron chi connectivity index (χ4n) is 4.06. The van der Waals surface area contributed by atoms with Crippen molar-refractivity contribution in [2.45, 2.75) is 0 Å². The van der Waals surface area contributed by atoms with Crippen molar-refractivity contribution in [3.05, 3.63) is 109 Å². The van der Waals surface area contributed by atoms with Gasteiger partial charge in [-0.3, -0.25) is 15.0 Å². The van der Waals surface area contributed by atoms with E-state index in [1.165, 1.54) is 12.4 Å². The lowest BCUT2D eigenvalue weighted by Gasteiger charge is -2.09. The molecule has 0 aliphatic heterocycles. The van der Waals surface area contributed by atoms with E-state index < -0.39 is 0 Å². The molecule has 0 radical (unpaired) electrons. The highest BCUT2D eigenvalue weighted by Gasteiger charge is 2.14. The molecule has 8 nitrogen and oxygen atoms in total. The second-order valence-corrected chi connectivity index (χ2v) is 8.38. The molecule has 0 N–H and O–H groups in total. The zero-order valence-electron chi connectivity index (χ0n) is 19.8. The van der Waals surface area contributed by atoms with Crippen molar-refractivity contribution in [2.24, 2.45) is 0 Å². The number of aromatic nitrogens is 6. The lowest BCUT2D eigenvalue weighted by molar-refractivity contribution is 1.04. The number of fused-ring (bicyclic) bond motifs is 1. The van der Waals surface area contributed by atoms with Crippen molar-refractivity contribution < 1.29 is 0 Å². The van der Waals surface area contributed by atoms with Crippen LogP contribution in [0.25, 0.3) is 56.3 Å². The Morgan fingerprint density at radius 1 is 0.526 bits per heavy atom. The molecule has 8 heteroatoms. The van der Waals surface area contributed by atoms with Crippen LogP contribution in [-0.4, -0.2) is 29.9 Å². The van der Waals surface area contributed by atoms with Crippen LogP contribution in [-0.2, 0) is 0 Å². The van der Waals surface area contributed by atoms with E-state index >= 15 is 0 Å². The quantitative estimate of drug-likeness (QED) is 0.313. The second-order valence-electron chi connectivity index (χ2n) is 8.38. The summed E-state index contributed by atoms with van der Waals surface area (Å²) in [5.74, 6) is 1.15. The summed E-state index contributed by atoms with van der Waals surface area (Å²) in [7, 11) is 0. The van der Waals surface area contributed by atoms with Crippen LogP contribution in [0.3, 0.4) is 0 Å². The third-order valence-corrected chi connectivity index (χ3v) is 6.00. The number of nitrogens with zero attached hydrogens (tertiary/aromatic N) is 8. The number of rotatable bonds is 4. The normalized spacial score (nSPS) is 10.6. The van der Waals surface area contributed by atoms with Gasteiger partial charge in [-0.1, -0.05) is 48.5 Å². The summed E-state index contributed by atoms with van der Waals surface area (Å²) < 4.78 is 0. The lowest BCUT2D eigenvalue weighted by atomic mass is 10.00. The van der Waals surface area contributed by atoms with E-state index in [-0.39, 0.29) is 0 Å². The maximum atomic E-state index is 9.12. The lowest BCUT2D eigenvalue weighted by Crippen LogP contribution is -2.02. The molecule has 0 bridgehead atoms. The maximum absolute atomic E-state index is 9.12. The van der Waals surface area contributed by atoms with E-state index in [4.69, 9.17) is 10.5 Å². The van der Waals surface area contributed by atoms with Crippen molar-refractivity contribution in [1.29, 1.82) is 10.5 Å². The van der Waals surface area contributed by atoms with Gasteiger partial charge in [-0.25, -0.2) is 15.0 Å². The number of hydrogen-bond donors (Lipinski definition) is 0. The minimum Gasteiger partial charge on any atom is -0.263 e. The number of pyridine rings is 3. The molecule has 4 aromatic heterocycles. The van der Waals surface area contributed by atoms with Gasteiger partial charge in [0.2, 0.25) is 0 Å². The molecule has 0 aliphatic rings. The molecule has 0 unspecified atom stereocenters. The average molecular weight is 489 g/mol. The maximum Gasteiger partial charge on any atom is 0.182 e. The summed E-state index contributed by atoms with van der Waals surface area (Å²) in [5, 5.41) is 20.4. The van der Waals surface area contributed by atoms with Crippen molar-refractivity contribution in [3.8, 4) is 57.7 Å². The van der Waals surface area contributed by atoms with Gasteiger partial charge in [0.15, 0.2) is 17.5 Å². The third kappa shape index (κ3) is 4.30. The summed E-state index contributed by atoms with van der Waals surface area (Å²) in [5.41, 5.74) is 4.73. The van der Waals surface area contributed by atoms with Crippen molar-refractivity contribution in [2.75, 3.05) is 0 Å². The predicted molar refractivity (Wildman–Crippen MR) is 142 cm³/mol. The topological polar surface area (TPSA) is 125 Å². The summed E-state index contributed by atoms with van der Waals surface area (Å²) in [6.45, 7) is 0. The number of hydrogen-bond acceptors (Lipinski definition) is 8. The second kappa shape index (κ2) is 9.65. The predicted octanol–water partition coefficient (Wildman–Crippen LogP) is 5.62. The molecule has 0 atom stereocenters. The zero-order chi connectivity index (χ0) is 25.9. The summed E-state index contributed by atoms with van der Waals surface area (Å²) in [6.07, 6.45) is 6.68. The molecular formula is C30H16N8. The van der Waals surface area contributed by atoms with Gasteiger partial charge >= 0.3 is 0 Å². The highest BCUT2D eigenvalue weighted by atomic mass is 15.1. The first kappa shape index (κ1) is 22.6. The van der Waals surface area contributed by atoms with E-state index in [0.29, 0.717) is 40.0 Å². The van der Waals surface area contributed by atoms with Gasteiger partial charge in [0, 0.05) is 41.3 Å². The molecule has 0 saturated heterocycles. The van der Waals surface area contributed by atoms with Gasteiger partial charge in [0.25, 0.3) is 0 Å². The molecule has 0 saturated carbocycles. The van der Waals surface area contributed by atoms with Crippen LogP contribution in [0.2, 0.25) is 0 Å². The monoisotopic (exact) mass is 488 g/mol. The Balaban J connectivity index is 1.45. The van der Waals surface area contributed by atoms with Gasteiger partial charge in [-0.05, 0) is 35.2 Å². The summed E-state index contributed by atoms with van der Waals surface area (Å²) >= 11 is 0. The molecule has 0 fully saturated rings. The van der Waals surface area contributed by atoms with Crippen molar-refractivity contribution in [3.63, 3.8) is 0 Å². The third-order valence-electron chi connectivity index (χ3n) is 6.00. The highest BCUT2D eigenvalue weighted by Crippen LogP contribution is 2.30. The van der Waals surface area contributed by atoms with Gasteiger partial charge in [-0.15, -0.1) is 0 Å². The van der Waals surface area contributed by atoms with E-state index in [1.807, 2.05) is 54.9 Å². The largest absolute Gasteiger partial charge is 0.263 e. The smallest absolute Gasteiger partial charge is 0.182 e. The first-order valence-corrected chi connectivity index (χ1v) is 11.6. The number of nitriles is 2. The molecule has 4 heterocycles. The van der Waals surface area contributed by atoms with E-state index in [2.05, 4.69) is 48.1 Å². The molecule has 6 rings (SSSR count). The molecular weight excluding hydrogens is 472 g/mol. The van der Waals surface area contributed by atoms with Crippen LogP contribution in [0.4, 0.5) is 0 Å². The minimum absolute atomic E-state index is 0.350. The number of benzene rings is 2. The highest BCUT2D eigenvalue weighted by molar-refractivity contribution is 5.95. The van der Waals surface area contributed by atoms with Crippen molar-refractivity contribution in [1.82, 2.24) is 29.9 Å². The van der Waals surface area contributed by atoms with E-state index in [0.717, 1.165) is 27.5 Å². The molecule has 2 aromatic carbocycles. The van der Waals surface area contributed by atoms with Crippen LogP contribution in [0, 0.1) is 22.7 Å². The van der Waals surface area contributed by atoms with Gasteiger partial charge in [-0.2, -0.15) is 10.5 Å². The Kier molecular flexibility index (Phi) is 5.74. The standard InChI is InChI=1S/C30H16N8/c31-13-19-5-11-26(34-15-19)29-36-28(37-30(38-29)27-12-6-20(14-32)16-35-27)22-9-7-21(8-10-22)25-18-33-17-23-3-1-2-4-24(23)25/h1-12,15-18H. The Morgan fingerprint density at radius 3 is 1.68 bits per heavy atom. The summed E-state index contributed by atoms with van der Waals surface area (Å²) in [6, 6.07) is 26.9. The molecule has 0 aliphatic carbocycles. The van der Waals surface area contributed by atoms with E-state index in [9.17, 15) is 0 Å². The first-order valence-electron chi connectivity index (χ1n) is 11.6. The Morgan fingerprint density at radius 2 is 1.11 bits per heavy atom. The van der Waals surface area contributed by atoms with E-state index in [1.54, 1.807) is 24.3 Å². The van der Waals surface area contributed by atoms with Crippen LogP contribution in [0.5, 0.6) is 0 Å². The van der Waals surface area contributed by atoms with Crippen LogP contribution >= 0.6 is 0 Å². The van der Waals surface area contributed by atoms with Crippen molar-refractivity contribution >= 4 is 10.8 Å². The SMILES string of the molecule is N#Cc1ccc(-c2nc(-c3ccc(-c4cncc5ccccc45)cc3)nc(-c3ccc(C#N)cn3)n2)nc1. The average Bonchev–Trinajstić information content (AvgIpc) is 3.01. The fraction of sp³-hybridized carbons (Fsp3) is 0. The molecule has 0 spiro atoms. The Hall–Kier alpha value is -5.86. The molecule has 38 heavy (non-hydrogen) atoms. The molecule has 176 valence electrons. The first-order chi connectivity index (χ1) is 18.7. The van der Waals surface area contributed by atoms with Gasteiger partial charge in [0.05, 0.1) is 11.1 Å². The van der Waals surface area contributed by atoms with Gasteiger partial charge < -0.3 is 0 Å².